The number of halogens is 1. The van der Waals surface area contributed by atoms with Crippen LogP contribution >= 0.6 is 39.0 Å². The zero-order chi connectivity index (χ0) is 10.4. The zero-order valence-electron chi connectivity index (χ0n) is 8.55. The summed E-state index contributed by atoms with van der Waals surface area (Å²) in [6.45, 7) is 3.23. The van der Waals surface area contributed by atoms with Gasteiger partial charge in [-0.1, -0.05) is 6.92 Å². The van der Waals surface area contributed by atoms with Gasteiger partial charge in [0.25, 0.3) is 0 Å². The van der Waals surface area contributed by atoms with Crippen LogP contribution in [0.25, 0.3) is 0 Å². The van der Waals surface area contributed by atoms with Crippen LogP contribution in [0.1, 0.15) is 18.2 Å². The number of rotatable bonds is 6. The van der Waals surface area contributed by atoms with Gasteiger partial charge in [0, 0.05) is 23.2 Å². The standard InChI is InChI=1S/C10H16BrNS2/c1-3-8(7-13-2)12-6-9-4-5-10(11)14-9/h4-5,8,12H,3,6-7H2,1-2H3. The molecule has 1 aromatic rings. The van der Waals surface area contributed by atoms with Crippen molar-refractivity contribution in [2.75, 3.05) is 12.0 Å². The zero-order valence-corrected chi connectivity index (χ0v) is 11.8. The molecule has 0 aliphatic rings. The van der Waals surface area contributed by atoms with Gasteiger partial charge in [-0.2, -0.15) is 11.8 Å². The van der Waals surface area contributed by atoms with Gasteiger partial charge in [0.05, 0.1) is 3.79 Å². The first-order valence-electron chi connectivity index (χ1n) is 4.72. The summed E-state index contributed by atoms with van der Waals surface area (Å²) >= 11 is 7.19. The number of thioether (sulfide) groups is 1. The van der Waals surface area contributed by atoms with Crippen molar-refractivity contribution in [2.45, 2.75) is 25.9 Å². The quantitative estimate of drug-likeness (QED) is 0.857. The van der Waals surface area contributed by atoms with Gasteiger partial charge in [-0.3, -0.25) is 0 Å². The van der Waals surface area contributed by atoms with Crippen molar-refractivity contribution >= 4 is 39.0 Å². The average Bonchev–Trinajstić information content (AvgIpc) is 2.59. The topological polar surface area (TPSA) is 12.0 Å². The SMILES string of the molecule is CCC(CSC)NCc1ccc(Br)s1. The van der Waals surface area contributed by atoms with Crippen LogP contribution < -0.4 is 5.32 Å². The van der Waals surface area contributed by atoms with Gasteiger partial charge in [0.1, 0.15) is 0 Å². The van der Waals surface area contributed by atoms with Gasteiger partial charge in [-0.05, 0) is 40.7 Å². The Morgan fingerprint density at radius 3 is 2.86 bits per heavy atom. The molecule has 0 radical (unpaired) electrons. The van der Waals surface area contributed by atoms with Crippen LogP contribution in [0.3, 0.4) is 0 Å². The molecule has 0 spiro atoms. The van der Waals surface area contributed by atoms with E-state index < -0.39 is 0 Å². The second-order valence-electron chi connectivity index (χ2n) is 3.15. The molecule has 1 rings (SSSR count). The maximum atomic E-state index is 3.57. The van der Waals surface area contributed by atoms with E-state index >= 15 is 0 Å². The van der Waals surface area contributed by atoms with Crippen LogP contribution in [0.2, 0.25) is 0 Å². The average molecular weight is 294 g/mol. The van der Waals surface area contributed by atoms with Crippen molar-refractivity contribution in [1.82, 2.24) is 5.32 Å². The normalized spacial score (nSPS) is 13.1. The maximum absolute atomic E-state index is 3.57. The van der Waals surface area contributed by atoms with Gasteiger partial charge < -0.3 is 5.32 Å². The highest BCUT2D eigenvalue weighted by atomic mass is 79.9. The molecule has 1 aromatic heterocycles. The Morgan fingerprint density at radius 2 is 2.36 bits per heavy atom. The summed E-state index contributed by atoms with van der Waals surface area (Å²) in [6.07, 6.45) is 3.36. The van der Waals surface area contributed by atoms with Crippen LogP contribution in [-0.4, -0.2) is 18.1 Å². The van der Waals surface area contributed by atoms with Crippen molar-refractivity contribution in [3.63, 3.8) is 0 Å². The Bertz CT molecular complexity index is 262. The fourth-order valence-corrected chi connectivity index (χ4v) is 3.40. The Hall–Kier alpha value is 0.490. The Morgan fingerprint density at radius 1 is 1.57 bits per heavy atom. The van der Waals surface area contributed by atoms with Gasteiger partial charge in [0.15, 0.2) is 0 Å². The van der Waals surface area contributed by atoms with E-state index in [2.05, 4.69) is 46.6 Å². The second kappa shape index (κ2) is 6.88. The van der Waals surface area contributed by atoms with Crippen LogP contribution in [0.5, 0.6) is 0 Å². The summed E-state index contributed by atoms with van der Waals surface area (Å²) in [5, 5.41) is 3.57. The highest BCUT2D eigenvalue weighted by Gasteiger charge is 2.05. The highest BCUT2D eigenvalue weighted by molar-refractivity contribution is 9.11. The minimum Gasteiger partial charge on any atom is -0.308 e. The van der Waals surface area contributed by atoms with E-state index in [9.17, 15) is 0 Å². The van der Waals surface area contributed by atoms with E-state index in [0.29, 0.717) is 6.04 Å². The minimum atomic E-state index is 0.644. The van der Waals surface area contributed by atoms with Gasteiger partial charge in [-0.15, -0.1) is 11.3 Å². The van der Waals surface area contributed by atoms with Gasteiger partial charge in [0.2, 0.25) is 0 Å². The molecule has 1 unspecified atom stereocenters. The predicted molar refractivity (Wildman–Crippen MR) is 71.3 cm³/mol. The van der Waals surface area contributed by atoms with E-state index in [4.69, 9.17) is 0 Å². The van der Waals surface area contributed by atoms with Crippen molar-refractivity contribution in [3.8, 4) is 0 Å². The molecular weight excluding hydrogens is 278 g/mol. The van der Waals surface area contributed by atoms with Crippen LogP contribution in [0, 0.1) is 0 Å². The monoisotopic (exact) mass is 293 g/mol. The summed E-state index contributed by atoms with van der Waals surface area (Å²) in [7, 11) is 0. The molecule has 0 amide bonds. The molecule has 80 valence electrons. The number of thiophene rings is 1. The lowest BCUT2D eigenvalue weighted by Crippen LogP contribution is -2.29. The van der Waals surface area contributed by atoms with Gasteiger partial charge in [-0.25, -0.2) is 0 Å². The first-order chi connectivity index (χ1) is 6.76. The molecule has 1 N–H and O–H groups in total. The summed E-state index contributed by atoms with van der Waals surface area (Å²) in [6, 6.07) is 4.93. The van der Waals surface area contributed by atoms with Crippen molar-refractivity contribution < 1.29 is 0 Å². The highest BCUT2D eigenvalue weighted by Crippen LogP contribution is 2.21. The third kappa shape index (κ3) is 4.34. The van der Waals surface area contributed by atoms with E-state index in [-0.39, 0.29) is 0 Å². The molecule has 4 heteroatoms. The molecule has 0 aromatic carbocycles. The minimum absolute atomic E-state index is 0.644. The molecule has 1 heterocycles. The molecule has 0 saturated carbocycles. The summed E-state index contributed by atoms with van der Waals surface area (Å²) < 4.78 is 1.22. The molecular formula is C10H16BrNS2. The number of nitrogens with one attached hydrogen (secondary N) is 1. The van der Waals surface area contributed by atoms with E-state index in [1.165, 1.54) is 20.8 Å². The molecule has 0 fully saturated rings. The summed E-state index contributed by atoms with van der Waals surface area (Å²) in [5.41, 5.74) is 0. The molecule has 14 heavy (non-hydrogen) atoms. The molecule has 1 atom stereocenters. The number of hydrogen-bond acceptors (Lipinski definition) is 3. The molecule has 0 bridgehead atoms. The van der Waals surface area contributed by atoms with Crippen molar-refractivity contribution in [3.05, 3.63) is 20.8 Å². The summed E-state index contributed by atoms with van der Waals surface area (Å²) in [4.78, 5) is 1.40. The van der Waals surface area contributed by atoms with Crippen molar-refractivity contribution in [1.29, 1.82) is 0 Å². The van der Waals surface area contributed by atoms with Crippen LogP contribution in [0.15, 0.2) is 15.9 Å². The first-order valence-corrected chi connectivity index (χ1v) is 7.73. The Kier molecular flexibility index (Phi) is 6.17. The molecule has 0 saturated heterocycles. The Balaban J connectivity index is 2.31. The molecule has 0 aliphatic heterocycles. The maximum Gasteiger partial charge on any atom is 0.0701 e. The van der Waals surface area contributed by atoms with E-state index in [1.807, 2.05) is 11.8 Å². The van der Waals surface area contributed by atoms with Crippen LogP contribution in [-0.2, 0) is 6.54 Å². The fraction of sp³-hybridized carbons (Fsp3) is 0.600. The second-order valence-corrected chi connectivity index (χ2v) is 6.61. The number of hydrogen-bond donors (Lipinski definition) is 1. The third-order valence-corrected chi connectivity index (χ3v) is 4.41. The lowest BCUT2D eigenvalue weighted by atomic mass is 10.2. The largest absolute Gasteiger partial charge is 0.308 e. The smallest absolute Gasteiger partial charge is 0.0701 e. The first kappa shape index (κ1) is 12.6. The third-order valence-electron chi connectivity index (χ3n) is 2.05. The van der Waals surface area contributed by atoms with Gasteiger partial charge >= 0.3 is 0 Å². The predicted octanol–water partition coefficient (Wildman–Crippen LogP) is 3.74. The van der Waals surface area contributed by atoms with E-state index in [1.54, 1.807) is 11.3 Å². The lowest BCUT2D eigenvalue weighted by molar-refractivity contribution is 0.544. The molecule has 0 aliphatic carbocycles. The van der Waals surface area contributed by atoms with E-state index in [0.717, 1.165) is 6.54 Å². The fourth-order valence-electron chi connectivity index (χ4n) is 1.21. The molecule has 1 nitrogen and oxygen atoms in total. The lowest BCUT2D eigenvalue weighted by Gasteiger charge is -2.14. The van der Waals surface area contributed by atoms with Crippen molar-refractivity contribution in [2.24, 2.45) is 0 Å². The Labute approximate surface area is 103 Å². The van der Waals surface area contributed by atoms with Crippen LogP contribution in [0.4, 0.5) is 0 Å². The summed E-state index contributed by atoms with van der Waals surface area (Å²) in [5.74, 6) is 1.20.